The molecule has 0 aromatic heterocycles. The van der Waals surface area contributed by atoms with Gasteiger partial charge in [0.15, 0.2) is 0 Å². The zero-order valence-electron chi connectivity index (χ0n) is 16.0. The minimum atomic E-state index is -3.91. The second kappa shape index (κ2) is 9.30. The standard InChI is InChI=1S/C19H27FN2O5S/c1-15(27-14-16-6-4-5-13-26-16)19(23)21-9-11-22(12-10-21)28(24,25)18-8-3-2-7-17(18)20/h2-3,7-8,15-16H,4-6,9-14H2,1H3/t15-,16-/m1/s1. The second-order valence-electron chi connectivity index (χ2n) is 7.12. The van der Waals surface area contributed by atoms with Gasteiger partial charge in [0.2, 0.25) is 10.0 Å². The van der Waals surface area contributed by atoms with Crippen LogP contribution in [0.1, 0.15) is 26.2 Å². The number of nitrogens with zero attached hydrogens (tertiary/aromatic N) is 2. The molecule has 2 aliphatic rings. The van der Waals surface area contributed by atoms with Crippen LogP contribution in [0.15, 0.2) is 29.2 Å². The van der Waals surface area contributed by atoms with Gasteiger partial charge in [0, 0.05) is 32.8 Å². The number of rotatable bonds is 6. The van der Waals surface area contributed by atoms with Gasteiger partial charge in [-0.1, -0.05) is 12.1 Å². The summed E-state index contributed by atoms with van der Waals surface area (Å²) in [5.74, 6) is -0.938. The van der Waals surface area contributed by atoms with E-state index >= 15 is 0 Å². The Morgan fingerprint density at radius 2 is 1.96 bits per heavy atom. The molecule has 7 nitrogen and oxygen atoms in total. The van der Waals surface area contributed by atoms with E-state index in [2.05, 4.69) is 0 Å². The van der Waals surface area contributed by atoms with Crippen LogP contribution in [-0.4, -0.2) is 75.1 Å². The molecule has 1 aromatic rings. The highest BCUT2D eigenvalue weighted by Gasteiger charge is 2.33. The summed E-state index contributed by atoms with van der Waals surface area (Å²) in [6.07, 6.45) is 2.53. The van der Waals surface area contributed by atoms with Crippen molar-refractivity contribution < 1.29 is 27.1 Å². The monoisotopic (exact) mass is 414 g/mol. The van der Waals surface area contributed by atoms with Crippen LogP contribution < -0.4 is 0 Å². The number of piperazine rings is 1. The molecule has 2 heterocycles. The molecule has 2 saturated heterocycles. The van der Waals surface area contributed by atoms with Crippen molar-refractivity contribution in [3.63, 3.8) is 0 Å². The normalized spacial score (nSPS) is 22.8. The first-order chi connectivity index (χ1) is 13.4. The summed E-state index contributed by atoms with van der Waals surface area (Å²) < 4.78 is 51.7. The molecule has 2 aliphatic heterocycles. The molecule has 2 fully saturated rings. The Hall–Kier alpha value is -1.55. The molecule has 1 amide bonds. The van der Waals surface area contributed by atoms with Gasteiger partial charge < -0.3 is 14.4 Å². The van der Waals surface area contributed by atoms with Crippen molar-refractivity contribution in [2.75, 3.05) is 39.4 Å². The largest absolute Gasteiger partial charge is 0.376 e. The number of halogens is 1. The Labute approximate surface area is 165 Å². The number of ether oxygens (including phenoxy) is 2. The number of carbonyl (C=O) groups is 1. The fourth-order valence-electron chi connectivity index (χ4n) is 3.46. The Kier molecular flexibility index (Phi) is 7.03. The van der Waals surface area contributed by atoms with Crippen molar-refractivity contribution in [2.45, 2.75) is 43.3 Å². The highest BCUT2D eigenvalue weighted by Crippen LogP contribution is 2.21. The Bertz CT molecular complexity index is 774. The van der Waals surface area contributed by atoms with Gasteiger partial charge in [0.25, 0.3) is 5.91 Å². The molecule has 0 saturated carbocycles. The molecule has 0 N–H and O–H groups in total. The quantitative estimate of drug-likeness (QED) is 0.707. The lowest BCUT2D eigenvalue weighted by atomic mass is 10.1. The first kappa shape index (κ1) is 21.2. The maximum absolute atomic E-state index is 13.9. The molecule has 0 bridgehead atoms. The van der Waals surface area contributed by atoms with Crippen LogP contribution in [0, 0.1) is 5.82 Å². The van der Waals surface area contributed by atoms with Gasteiger partial charge in [0.1, 0.15) is 16.8 Å². The lowest BCUT2D eigenvalue weighted by Crippen LogP contribution is -2.53. The van der Waals surface area contributed by atoms with Gasteiger partial charge in [-0.05, 0) is 38.3 Å². The van der Waals surface area contributed by atoms with Crippen LogP contribution in [0.25, 0.3) is 0 Å². The molecule has 2 atom stereocenters. The van der Waals surface area contributed by atoms with Gasteiger partial charge in [-0.25, -0.2) is 12.8 Å². The van der Waals surface area contributed by atoms with Gasteiger partial charge in [-0.3, -0.25) is 4.79 Å². The first-order valence-corrected chi connectivity index (χ1v) is 11.1. The number of hydrogen-bond donors (Lipinski definition) is 0. The molecule has 0 radical (unpaired) electrons. The summed E-state index contributed by atoms with van der Waals surface area (Å²) in [6, 6.07) is 5.32. The highest BCUT2D eigenvalue weighted by molar-refractivity contribution is 7.89. The minimum absolute atomic E-state index is 0.0340. The van der Waals surface area contributed by atoms with Crippen LogP contribution in [0.5, 0.6) is 0 Å². The third-order valence-corrected chi connectivity index (χ3v) is 7.09. The Morgan fingerprint density at radius 3 is 2.61 bits per heavy atom. The molecule has 0 spiro atoms. The summed E-state index contributed by atoms with van der Waals surface area (Å²) in [4.78, 5) is 13.8. The fourth-order valence-corrected chi connectivity index (χ4v) is 4.95. The molecular formula is C19H27FN2O5S. The Morgan fingerprint density at radius 1 is 1.25 bits per heavy atom. The maximum atomic E-state index is 13.9. The molecule has 28 heavy (non-hydrogen) atoms. The number of hydrogen-bond acceptors (Lipinski definition) is 5. The van der Waals surface area contributed by atoms with E-state index in [0.29, 0.717) is 6.61 Å². The van der Waals surface area contributed by atoms with Crippen molar-refractivity contribution in [3.8, 4) is 0 Å². The van der Waals surface area contributed by atoms with Crippen molar-refractivity contribution in [1.82, 2.24) is 9.21 Å². The lowest BCUT2D eigenvalue weighted by Gasteiger charge is -2.35. The third-order valence-electron chi connectivity index (χ3n) is 5.16. The predicted molar refractivity (Wildman–Crippen MR) is 101 cm³/mol. The molecule has 156 valence electrons. The number of amides is 1. The van der Waals surface area contributed by atoms with Crippen LogP contribution in [0.2, 0.25) is 0 Å². The SMILES string of the molecule is C[C@@H](OC[C@H]1CCCCO1)C(=O)N1CCN(S(=O)(=O)c2ccccc2F)CC1. The van der Waals surface area contributed by atoms with Gasteiger partial charge >= 0.3 is 0 Å². The van der Waals surface area contributed by atoms with Crippen molar-refractivity contribution in [3.05, 3.63) is 30.1 Å². The molecular weight excluding hydrogens is 387 g/mol. The fraction of sp³-hybridized carbons (Fsp3) is 0.632. The second-order valence-corrected chi connectivity index (χ2v) is 9.03. The Balaban J connectivity index is 1.51. The average Bonchev–Trinajstić information content (AvgIpc) is 2.72. The van der Waals surface area contributed by atoms with Crippen molar-refractivity contribution in [1.29, 1.82) is 0 Å². The summed E-state index contributed by atoms with van der Waals surface area (Å²) in [6.45, 7) is 3.57. The molecule has 0 aliphatic carbocycles. The lowest BCUT2D eigenvalue weighted by molar-refractivity contribution is -0.147. The van der Waals surface area contributed by atoms with E-state index in [1.54, 1.807) is 11.8 Å². The van der Waals surface area contributed by atoms with Crippen molar-refractivity contribution >= 4 is 15.9 Å². The van der Waals surface area contributed by atoms with E-state index in [-0.39, 0.29) is 43.1 Å². The van der Waals surface area contributed by atoms with E-state index in [1.807, 2.05) is 0 Å². The molecule has 9 heteroatoms. The van der Waals surface area contributed by atoms with E-state index in [9.17, 15) is 17.6 Å². The van der Waals surface area contributed by atoms with Crippen LogP contribution >= 0.6 is 0 Å². The maximum Gasteiger partial charge on any atom is 0.251 e. The topological polar surface area (TPSA) is 76.2 Å². The smallest absolute Gasteiger partial charge is 0.251 e. The van der Waals surface area contributed by atoms with Gasteiger partial charge in [0.05, 0.1) is 12.7 Å². The van der Waals surface area contributed by atoms with Crippen LogP contribution in [0.3, 0.4) is 0 Å². The van der Waals surface area contributed by atoms with Gasteiger partial charge in [-0.2, -0.15) is 4.31 Å². The third kappa shape index (κ3) is 4.89. The number of sulfonamides is 1. The summed E-state index contributed by atoms with van der Waals surface area (Å²) in [7, 11) is -3.91. The molecule has 3 rings (SSSR count). The minimum Gasteiger partial charge on any atom is -0.376 e. The zero-order chi connectivity index (χ0) is 20.1. The average molecular weight is 414 g/mol. The van der Waals surface area contributed by atoms with E-state index in [0.717, 1.165) is 31.9 Å². The predicted octanol–water partition coefficient (Wildman–Crippen LogP) is 1.63. The zero-order valence-corrected chi connectivity index (χ0v) is 16.9. The summed E-state index contributed by atoms with van der Waals surface area (Å²) >= 11 is 0. The van der Waals surface area contributed by atoms with Crippen LogP contribution in [0.4, 0.5) is 4.39 Å². The molecule has 0 unspecified atom stereocenters. The van der Waals surface area contributed by atoms with E-state index in [1.165, 1.54) is 22.5 Å². The summed E-state index contributed by atoms with van der Waals surface area (Å²) in [5, 5.41) is 0. The first-order valence-electron chi connectivity index (χ1n) is 9.66. The molecule has 1 aromatic carbocycles. The van der Waals surface area contributed by atoms with E-state index in [4.69, 9.17) is 9.47 Å². The number of benzene rings is 1. The van der Waals surface area contributed by atoms with E-state index < -0.39 is 21.9 Å². The highest BCUT2D eigenvalue weighted by atomic mass is 32.2. The number of carbonyl (C=O) groups excluding carboxylic acids is 1. The van der Waals surface area contributed by atoms with Crippen molar-refractivity contribution in [2.24, 2.45) is 0 Å². The summed E-state index contributed by atoms with van der Waals surface area (Å²) in [5.41, 5.74) is 0. The van der Waals surface area contributed by atoms with Gasteiger partial charge in [-0.15, -0.1) is 0 Å². The van der Waals surface area contributed by atoms with Crippen LogP contribution in [-0.2, 0) is 24.3 Å².